The minimum Gasteiger partial charge on any atom is -0.480 e. The number of hydrogen-bond acceptors (Lipinski definition) is 4. The van der Waals surface area contributed by atoms with Crippen molar-refractivity contribution >= 4 is 21.4 Å². The Labute approximate surface area is 163 Å². The first-order valence-corrected chi connectivity index (χ1v) is 10.4. The van der Waals surface area contributed by atoms with Crippen LogP contribution in [0.25, 0.3) is 28.0 Å². The van der Waals surface area contributed by atoms with Crippen LogP contribution in [0.1, 0.15) is 12.6 Å². The number of aromatic nitrogens is 2. The van der Waals surface area contributed by atoms with Gasteiger partial charge in [-0.15, -0.1) is 0 Å². The van der Waals surface area contributed by atoms with Crippen LogP contribution in [-0.4, -0.2) is 35.5 Å². The molecule has 0 atom stereocenters. The minimum atomic E-state index is -3.28. The highest BCUT2D eigenvalue weighted by Gasteiger charge is 2.14. The average molecular weight is 396 g/mol. The van der Waals surface area contributed by atoms with Crippen molar-refractivity contribution in [2.24, 2.45) is 0 Å². The maximum atomic E-state index is 11.8. The van der Waals surface area contributed by atoms with Crippen molar-refractivity contribution in [2.75, 3.05) is 6.26 Å². The van der Waals surface area contributed by atoms with Crippen LogP contribution in [0.5, 0.6) is 0 Å². The molecule has 3 rings (SSSR count). The van der Waals surface area contributed by atoms with E-state index in [0.29, 0.717) is 11.4 Å². The van der Waals surface area contributed by atoms with Crippen LogP contribution in [-0.2, 0) is 21.2 Å². The summed E-state index contributed by atoms with van der Waals surface area (Å²) in [5.74, 6) is -0.980. The summed E-state index contributed by atoms with van der Waals surface area (Å²) in [5.41, 5.74) is 4.52. The number of carboxylic acid groups (broad SMARTS) is 1. The molecular weight excluding hydrogens is 376 g/mol. The van der Waals surface area contributed by atoms with Crippen molar-refractivity contribution in [1.82, 2.24) is 9.78 Å². The Kier molecular flexibility index (Phi) is 5.20. The third-order valence-electron chi connectivity index (χ3n) is 4.28. The highest BCUT2D eigenvalue weighted by Crippen LogP contribution is 2.28. The zero-order chi connectivity index (χ0) is 20.5. The summed E-state index contributed by atoms with van der Waals surface area (Å²) in [6.45, 7) is 5.43. The fourth-order valence-electron chi connectivity index (χ4n) is 2.85. The maximum Gasteiger partial charge on any atom is 0.325 e. The second-order valence-electron chi connectivity index (χ2n) is 6.62. The SMILES string of the molecule is C=C(C)c1cc(-c2ccc(-c3cccc(S(C)(=O)=O)c3)cc2)n(CC(=O)O)n1. The zero-order valence-corrected chi connectivity index (χ0v) is 16.4. The fraction of sp³-hybridized carbons (Fsp3) is 0.143. The largest absolute Gasteiger partial charge is 0.480 e. The fourth-order valence-corrected chi connectivity index (χ4v) is 3.51. The number of aliphatic carboxylic acids is 1. The van der Waals surface area contributed by atoms with Gasteiger partial charge in [0.1, 0.15) is 6.54 Å². The van der Waals surface area contributed by atoms with Gasteiger partial charge in [0, 0.05) is 6.26 Å². The number of sulfone groups is 1. The Morgan fingerprint density at radius 1 is 1.07 bits per heavy atom. The third kappa shape index (κ3) is 4.20. The molecule has 0 radical (unpaired) electrons. The molecule has 28 heavy (non-hydrogen) atoms. The first-order chi connectivity index (χ1) is 13.1. The molecule has 3 aromatic rings. The zero-order valence-electron chi connectivity index (χ0n) is 15.6. The Balaban J connectivity index is 2.00. The molecule has 6 nitrogen and oxygen atoms in total. The predicted octanol–water partition coefficient (Wildman–Crippen LogP) is 3.74. The van der Waals surface area contributed by atoms with Gasteiger partial charge in [-0.1, -0.05) is 43.0 Å². The number of allylic oxidation sites excluding steroid dienone is 1. The molecule has 0 unspecified atom stereocenters. The lowest BCUT2D eigenvalue weighted by molar-refractivity contribution is -0.137. The second kappa shape index (κ2) is 7.44. The van der Waals surface area contributed by atoms with Gasteiger partial charge in [-0.2, -0.15) is 5.10 Å². The van der Waals surface area contributed by atoms with Gasteiger partial charge in [-0.25, -0.2) is 8.42 Å². The van der Waals surface area contributed by atoms with Crippen molar-refractivity contribution in [3.8, 4) is 22.4 Å². The van der Waals surface area contributed by atoms with Crippen LogP contribution in [0.3, 0.4) is 0 Å². The number of hydrogen-bond donors (Lipinski definition) is 1. The standard InChI is InChI=1S/C21H20N2O4S/c1-14(2)19-12-20(23(22-19)13-21(24)25)16-9-7-15(8-10-16)17-5-4-6-18(11-17)28(3,26)27/h4-12H,1,13H2,2-3H3,(H,24,25). The van der Waals surface area contributed by atoms with Crippen LogP contribution < -0.4 is 0 Å². The summed E-state index contributed by atoms with van der Waals surface area (Å²) in [6, 6.07) is 16.0. The third-order valence-corrected chi connectivity index (χ3v) is 5.39. The number of rotatable bonds is 6. The van der Waals surface area contributed by atoms with Gasteiger partial charge in [0.25, 0.3) is 0 Å². The van der Waals surface area contributed by atoms with Gasteiger partial charge < -0.3 is 5.11 Å². The Morgan fingerprint density at radius 2 is 1.71 bits per heavy atom. The Morgan fingerprint density at radius 3 is 2.29 bits per heavy atom. The van der Waals surface area contributed by atoms with Crippen LogP contribution in [0, 0.1) is 0 Å². The van der Waals surface area contributed by atoms with Crippen LogP contribution >= 0.6 is 0 Å². The van der Waals surface area contributed by atoms with Gasteiger partial charge in [0.15, 0.2) is 9.84 Å². The van der Waals surface area contributed by atoms with Crippen molar-refractivity contribution in [2.45, 2.75) is 18.4 Å². The Bertz CT molecular complexity index is 1160. The highest BCUT2D eigenvalue weighted by atomic mass is 32.2. The van der Waals surface area contributed by atoms with Gasteiger partial charge in [0.05, 0.1) is 16.3 Å². The van der Waals surface area contributed by atoms with Crippen molar-refractivity contribution in [3.05, 3.63) is 66.9 Å². The molecule has 0 bridgehead atoms. The van der Waals surface area contributed by atoms with Crippen LogP contribution in [0.15, 0.2) is 66.1 Å². The number of nitrogens with zero attached hydrogens (tertiary/aromatic N) is 2. The van der Waals surface area contributed by atoms with E-state index in [2.05, 4.69) is 11.7 Å². The lowest BCUT2D eigenvalue weighted by atomic mass is 10.0. The molecule has 144 valence electrons. The maximum absolute atomic E-state index is 11.8. The van der Waals surface area contributed by atoms with E-state index in [1.807, 2.05) is 43.3 Å². The molecule has 0 saturated carbocycles. The van der Waals surface area contributed by atoms with E-state index in [-0.39, 0.29) is 11.4 Å². The lowest BCUT2D eigenvalue weighted by Gasteiger charge is -2.08. The molecule has 0 saturated heterocycles. The minimum absolute atomic E-state index is 0.249. The highest BCUT2D eigenvalue weighted by molar-refractivity contribution is 7.90. The summed E-state index contributed by atoms with van der Waals surface area (Å²) < 4.78 is 25.0. The van der Waals surface area contributed by atoms with Crippen LogP contribution in [0.4, 0.5) is 0 Å². The first-order valence-electron chi connectivity index (χ1n) is 8.51. The van der Waals surface area contributed by atoms with Gasteiger partial charge >= 0.3 is 5.97 Å². The smallest absolute Gasteiger partial charge is 0.325 e. The average Bonchev–Trinajstić information content (AvgIpc) is 3.05. The predicted molar refractivity (Wildman–Crippen MR) is 109 cm³/mol. The second-order valence-corrected chi connectivity index (χ2v) is 8.64. The first kappa shape index (κ1) is 19.6. The summed E-state index contributed by atoms with van der Waals surface area (Å²) in [7, 11) is -3.28. The van der Waals surface area contributed by atoms with E-state index in [0.717, 1.165) is 22.3 Å². The van der Waals surface area contributed by atoms with E-state index >= 15 is 0 Å². The van der Waals surface area contributed by atoms with E-state index in [9.17, 15) is 13.2 Å². The number of carbonyl (C=O) groups is 1. The summed E-state index contributed by atoms with van der Waals surface area (Å²) >= 11 is 0. The van der Waals surface area contributed by atoms with Gasteiger partial charge in [-0.05, 0) is 47.4 Å². The van der Waals surface area contributed by atoms with Crippen molar-refractivity contribution in [1.29, 1.82) is 0 Å². The summed E-state index contributed by atoms with van der Waals surface area (Å²) in [4.78, 5) is 11.4. The van der Waals surface area contributed by atoms with Crippen molar-refractivity contribution in [3.63, 3.8) is 0 Å². The van der Waals surface area contributed by atoms with E-state index in [1.165, 1.54) is 10.9 Å². The molecule has 1 N–H and O–H groups in total. The lowest BCUT2D eigenvalue weighted by Crippen LogP contribution is -2.11. The quantitative estimate of drug-likeness (QED) is 0.686. The Hall–Kier alpha value is -3.19. The van der Waals surface area contributed by atoms with Gasteiger partial charge in [0.2, 0.25) is 0 Å². The summed E-state index contributed by atoms with van der Waals surface area (Å²) in [6.07, 6.45) is 1.18. The van der Waals surface area contributed by atoms with E-state index < -0.39 is 15.8 Å². The molecule has 0 aliphatic rings. The number of benzene rings is 2. The molecular formula is C21H20N2O4S. The molecule has 1 aromatic heterocycles. The molecule has 7 heteroatoms. The normalized spacial score (nSPS) is 11.4. The van der Waals surface area contributed by atoms with E-state index in [1.54, 1.807) is 18.2 Å². The molecule has 0 fully saturated rings. The van der Waals surface area contributed by atoms with E-state index in [4.69, 9.17) is 5.11 Å². The summed E-state index contributed by atoms with van der Waals surface area (Å²) in [5, 5.41) is 13.5. The van der Waals surface area contributed by atoms with Gasteiger partial charge in [-0.3, -0.25) is 9.48 Å². The number of carboxylic acids is 1. The topological polar surface area (TPSA) is 89.3 Å². The molecule has 2 aromatic carbocycles. The molecule has 0 spiro atoms. The molecule has 0 amide bonds. The van der Waals surface area contributed by atoms with Crippen LogP contribution in [0.2, 0.25) is 0 Å². The molecule has 0 aliphatic carbocycles. The molecule has 1 heterocycles. The monoisotopic (exact) mass is 396 g/mol. The molecule has 0 aliphatic heterocycles. The van der Waals surface area contributed by atoms with Crippen molar-refractivity contribution < 1.29 is 18.3 Å².